The number of carbonyl (C=O) groups excluding carboxylic acids is 1. The lowest BCUT2D eigenvalue weighted by Gasteiger charge is -2.13. The molecule has 6 nitrogen and oxygen atoms in total. The molecule has 0 bridgehead atoms. The third-order valence-electron chi connectivity index (χ3n) is 3.13. The van der Waals surface area contributed by atoms with Gasteiger partial charge in [0.2, 0.25) is 15.9 Å². The van der Waals surface area contributed by atoms with Gasteiger partial charge in [-0.25, -0.2) is 13.1 Å². The number of carbonyl (C=O) groups is 1. The van der Waals surface area contributed by atoms with Crippen molar-refractivity contribution in [2.45, 2.75) is 11.3 Å². The molecule has 1 fully saturated rings. The zero-order valence-corrected chi connectivity index (χ0v) is 11.5. The summed E-state index contributed by atoms with van der Waals surface area (Å²) >= 11 is 0. The topological polar surface area (TPSA) is 87.3 Å². The molecular formula is C12H17N3O3S. The molecule has 2 rings (SSSR count). The fourth-order valence-electron chi connectivity index (χ4n) is 2.03. The molecule has 1 aromatic rings. The Labute approximate surface area is 112 Å². The Hall–Kier alpha value is -1.44. The van der Waals surface area contributed by atoms with E-state index in [9.17, 15) is 13.2 Å². The molecule has 0 saturated carbocycles. The van der Waals surface area contributed by atoms with Crippen LogP contribution in [0.4, 0.5) is 5.69 Å². The van der Waals surface area contributed by atoms with Crippen LogP contribution in [-0.2, 0) is 14.8 Å². The Morgan fingerprint density at radius 2 is 2.11 bits per heavy atom. The largest absolute Gasteiger partial charge is 0.325 e. The molecule has 19 heavy (non-hydrogen) atoms. The summed E-state index contributed by atoms with van der Waals surface area (Å²) in [5, 5.41) is 5.80. The summed E-state index contributed by atoms with van der Waals surface area (Å²) in [4.78, 5) is 12.1. The number of hydrogen-bond donors (Lipinski definition) is 3. The van der Waals surface area contributed by atoms with Crippen molar-refractivity contribution >= 4 is 21.6 Å². The molecule has 3 N–H and O–H groups in total. The first-order chi connectivity index (χ1) is 9.04. The van der Waals surface area contributed by atoms with Gasteiger partial charge in [0.15, 0.2) is 0 Å². The molecule has 1 aromatic carbocycles. The number of rotatable bonds is 4. The Kier molecular flexibility index (Phi) is 4.18. The highest BCUT2D eigenvalue weighted by Crippen LogP contribution is 2.21. The highest BCUT2D eigenvalue weighted by Gasteiger charge is 2.24. The average Bonchev–Trinajstić information content (AvgIpc) is 2.93. The summed E-state index contributed by atoms with van der Waals surface area (Å²) in [7, 11) is -2.24. The van der Waals surface area contributed by atoms with Gasteiger partial charge in [-0.05, 0) is 32.1 Å². The number of para-hydroxylation sites is 1. The van der Waals surface area contributed by atoms with Crippen LogP contribution in [0.1, 0.15) is 6.42 Å². The van der Waals surface area contributed by atoms with Crippen LogP contribution in [0.25, 0.3) is 0 Å². The molecule has 7 heteroatoms. The van der Waals surface area contributed by atoms with Crippen LogP contribution in [-0.4, -0.2) is 34.5 Å². The first-order valence-electron chi connectivity index (χ1n) is 6.09. The maximum atomic E-state index is 12.0. The van der Waals surface area contributed by atoms with E-state index in [2.05, 4.69) is 15.4 Å². The van der Waals surface area contributed by atoms with Crippen LogP contribution in [0.15, 0.2) is 29.2 Å². The summed E-state index contributed by atoms with van der Waals surface area (Å²) in [5.74, 6) is -0.255. The van der Waals surface area contributed by atoms with Crippen LogP contribution >= 0.6 is 0 Å². The second-order valence-corrected chi connectivity index (χ2v) is 6.24. The van der Waals surface area contributed by atoms with Gasteiger partial charge in [-0.2, -0.15) is 0 Å². The van der Waals surface area contributed by atoms with E-state index in [0.29, 0.717) is 12.2 Å². The van der Waals surface area contributed by atoms with Gasteiger partial charge in [0.05, 0.1) is 11.6 Å². The lowest BCUT2D eigenvalue weighted by molar-refractivity contribution is -0.119. The van der Waals surface area contributed by atoms with Crippen molar-refractivity contribution in [3.05, 3.63) is 24.3 Å². The van der Waals surface area contributed by atoms with Crippen LogP contribution in [0.3, 0.4) is 0 Å². The van der Waals surface area contributed by atoms with Crippen LogP contribution in [0, 0.1) is 5.92 Å². The Balaban J connectivity index is 2.23. The van der Waals surface area contributed by atoms with Gasteiger partial charge in [-0.15, -0.1) is 0 Å². The van der Waals surface area contributed by atoms with Crippen molar-refractivity contribution in [2.24, 2.45) is 5.92 Å². The van der Waals surface area contributed by atoms with Crippen molar-refractivity contribution in [2.75, 3.05) is 25.5 Å². The van der Waals surface area contributed by atoms with Crippen LogP contribution in [0.2, 0.25) is 0 Å². The normalized spacial score (nSPS) is 19.3. The van der Waals surface area contributed by atoms with Gasteiger partial charge in [0, 0.05) is 6.54 Å². The third kappa shape index (κ3) is 3.12. The maximum absolute atomic E-state index is 12.0. The van der Waals surface area contributed by atoms with Gasteiger partial charge < -0.3 is 10.6 Å². The number of nitrogens with one attached hydrogen (secondary N) is 3. The van der Waals surface area contributed by atoms with Gasteiger partial charge in [0.1, 0.15) is 4.90 Å². The maximum Gasteiger partial charge on any atom is 0.242 e. The number of amides is 1. The summed E-state index contributed by atoms with van der Waals surface area (Å²) in [6, 6.07) is 6.37. The van der Waals surface area contributed by atoms with Gasteiger partial charge in [-0.3, -0.25) is 4.79 Å². The highest BCUT2D eigenvalue weighted by atomic mass is 32.2. The van der Waals surface area contributed by atoms with E-state index in [4.69, 9.17) is 0 Å². The van der Waals surface area contributed by atoms with E-state index in [1.54, 1.807) is 18.2 Å². The van der Waals surface area contributed by atoms with Crippen molar-refractivity contribution in [3.63, 3.8) is 0 Å². The smallest absolute Gasteiger partial charge is 0.242 e. The van der Waals surface area contributed by atoms with E-state index in [1.807, 2.05) is 0 Å². The number of hydrogen-bond acceptors (Lipinski definition) is 4. The van der Waals surface area contributed by atoms with E-state index < -0.39 is 10.0 Å². The van der Waals surface area contributed by atoms with Crippen LogP contribution < -0.4 is 15.4 Å². The van der Waals surface area contributed by atoms with Gasteiger partial charge >= 0.3 is 0 Å². The van der Waals surface area contributed by atoms with E-state index in [0.717, 1.165) is 13.0 Å². The third-order valence-corrected chi connectivity index (χ3v) is 4.61. The minimum atomic E-state index is -3.58. The highest BCUT2D eigenvalue weighted by molar-refractivity contribution is 7.89. The first kappa shape index (κ1) is 14.0. The number of anilines is 1. The molecule has 0 aromatic heterocycles. The monoisotopic (exact) mass is 283 g/mol. The summed E-state index contributed by atoms with van der Waals surface area (Å²) < 4.78 is 25.9. The van der Waals surface area contributed by atoms with E-state index >= 15 is 0 Å². The lowest BCUT2D eigenvalue weighted by atomic mass is 10.1. The molecule has 0 radical (unpaired) electrons. The van der Waals surface area contributed by atoms with Gasteiger partial charge in [0.25, 0.3) is 0 Å². The van der Waals surface area contributed by atoms with Crippen molar-refractivity contribution in [3.8, 4) is 0 Å². The van der Waals surface area contributed by atoms with Crippen LogP contribution in [0.5, 0.6) is 0 Å². The second-order valence-electron chi connectivity index (χ2n) is 4.38. The molecule has 1 saturated heterocycles. The van der Waals surface area contributed by atoms with Crippen molar-refractivity contribution in [1.82, 2.24) is 10.0 Å². The Morgan fingerprint density at radius 1 is 1.37 bits per heavy atom. The zero-order chi connectivity index (χ0) is 13.9. The SMILES string of the molecule is CNS(=O)(=O)c1ccccc1NC(=O)C1CCNC1. The van der Waals surface area contributed by atoms with Crippen molar-refractivity contribution < 1.29 is 13.2 Å². The lowest BCUT2D eigenvalue weighted by Crippen LogP contribution is -2.26. The minimum Gasteiger partial charge on any atom is -0.325 e. The molecule has 1 heterocycles. The molecule has 1 aliphatic heterocycles. The molecule has 104 valence electrons. The molecule has 0 spiro atoms. The number of sulfonamides is 1. The molecule has 1 unspecified atom stereocenters. The Morgan fingerprint density at radius 3 is 2.74 bits per heavy atom. The van der Waals surface area contributed by atoms with Gasteiger partial charge in [-0.1, -0.05) is 12.1 Å². The predicted octanol–water partition coefficient (Wildman–Crippen LogP) is 0.143. The second kappa shape index (κ2) is 5.68. The zero-order valence-electron chi connectivity index (χ0n) is 10.6. The molecule has 1 aliphatic rings. The molecule has 1 atom stereocenters. The summed E-state index contributed by atoms with van der Waals surface area (Å²) in [5.41, 5.74) is 0.314. The summed E-state index contributed by atoms with van der Waals surface area (Å²) in [6.45, 7) is 1.45. The summed E-state index contributed by atoms with van der Waals surface area (Å²) in [6.07, 6.45) is 0.771. The fourth-order valence-corrected chi connectivity index (χ4v) is 2.91. The minimum absolute atomic E-state index is 0.0804. The predicted molar refractivity (Wildman–Crippen MR) is 72.3 cm³/mol. The quantitative estimate of drug-likeness (QED) is 0.733. The standard InChI is InChI=1S/C12H17N3O3S/c1-13-19(17,18)11-5-3-2-4-10(11)15-12(16)9-6-7-14-8-9/h2-5,9,13-14H,6-8H2,1H3,(H,15,16). The molecular weight excluding hydrogens is 266 g/mol. The number of benzene rings is 1. The average molecular weight is 283 g/mol. The van der Waals surface area contributed by atoms with Crippen molar-refractivity contribution in [1.29, 1.82) is 0 Å². The van der Waals surface area contributed by atoms with E-state index in [1.165, 1.54) is 13.1 Å². The fraction of sp³-hybridized carbons (Fsp3) is 0.417. The van der Waals surface area contributed by atoms with E-state index in [-0.39, 0.29) is 16.7 Å². The Bertz CT molecular complexity index is 565. The first-order valence-corrected chi connectivity index (χ1v) is 7.57. The molecule has 0 aliphatic carbocycles. The molecule has 1 amide bonds.